The number of carbonyl (C=O) groups excluding carboxylic acids is 1. The largest absolute Gasteiger partial charge is 0.380 e. The molecule has 0 saturated heterocycles. The van der Waals surface area contributed by atoms with Crippen LogP contribution in [0.5, 0.6) is 0 Å². The molecule has 3 rings (SSSR count). The Morgan fingerprint density at radius 2 is 2.09 bits per heavy atom. The van der Waals surface area contributed by atoms with E-state index in [1.165, 1.54) is 4.90 Å². The summed E-state index contributed by atoms with van der Waals surface area (Å²) in [5, 5.41) is 0.508. The van der Waals surface area contributed by atoms with Crippen molar-refractivity contribution in [3.63, 3.8) is 0 Å². The Balaban J connectivity index is 1.94. The van der Waals surface area contributed by atoms with Crippen LogP contribution in [-0.4, -0.2) is 24.8 Å². The van der Waals surface area contributed by atoms with Crippen molar-refractivity contribution in [2.24, 2.45) is 0 Å². The molecule has 2 aromatic rings. The third kappa shape index (κ3) is 3.59. The van der Waals surface area contributed by atoms with Gasteiger partial charge in [0, 0.05) is 29.4 Å². The Labute approximate surface area is 141 Å². The molecule has 0 spiro atoms. The number of benzene rings is 2. The number of fused-ring (bicyclic) bond motifs is 1. The average Bonchev–Trinajstić information content (AvgIpc) is 2.73. The number of amides is 1. The Morgan fingerprint density at radius 3 is 2.91 bits per heavy atom. The maximum absolute atomic E-state index is 13.1. The van der Waals surface area contributed by atoms with Gasteiger partial charge in [0.15, 0.2) is 0 Å². The maximum Gasteiger partial charge on any atom is 0.258 e. The second-order valence-electron chi connectivity index (χ2n) is 5.78. The Kier molecular flexibility index (Phi) is 5.03. The average molecular weight is 327 g/mol. The lowest BCUT2D eigenvalue weighted by atomic mass is 10.1. The molecular formula is C19H21NO2S. The van der Waals surface area contributed by atoms with Gasteiger partial charge in [-0.05, 0) is 36.2 Å². The van der Waals surface area contributed by atoms with E-state index in [-0.39, 0.29) is 5.91 Å². The van der Waals surface area contributed by atoms with Crippen molar-refractivity contribution in [1.29, 1.82) is 0 Å². The maximum atomic E-state index is 13.1. The van der Waals surface area contributed by atoms with Crippen molar-refractivity contribution in [2.45, 2.75) is 30.1 Å². The molecule has 0 aliphatic carbocycles. The van der Waals surface area contributed by atoms with Crippen molar-refractivity contribution in [1.82, 2.24) is 0 Å². The number of thioether (sulfide) groups is 1. The van der Waals surface area contributed by atoms with Crippen LogP contribution in [0.3, 0.4) is 0 Å². The van der Waals surface area contributed by atoms with E-state index < -0.39 is 0 Å². The van der Waals surface area contributed by atoms with Crippen molar-refractivity contribution < 1.29 is 9.53 Å². The lowest BCUT2D eigenvalue weighted by Gasteiger charge is -2.22. The predicted molar refractivity (Wildman–Crippen MR) is 95.2 cm³/mol. The molecule has 0 fully saturated rings. The summed E-state index contributed by atoms with van der Waals surface area (Å²) in [5.41, 5.74) is 2.75. The normalized spacial score (nSPS) is 17.5. The van der Waals surface area contributed by atoms with Gasteiger partial charge in [-0.15, -0.1) is 11.8 Å². The first-order valence-corrected chi connectivity index (χ1v) is 8.72. The topological polar surface area (TPSA) is 29.5 Å². The van der Waals surface area contributed by atoms with Crippen molar-refractivity contribution in [3.8, 4) is 0 Å². The number of anilines is 1. The smallest absolute Gasteiger partial charge is 0.258 e. The molecule has 1 heterocycles. The molecule has 0 saturated carbocycles. The van der Waals surface area contributed by atoms with Crippen LogP contribution < -0.4 is 4.90 Å². The molecule has 1 unspecified atom stereocenters. The van der Waals surface area contributed by atoms with Crippen LogP contribution in [0.2, 0.25) is 0 Å². The number of carbonyl (C=O) groups is 1. The molecule has 1 amide bonds. The van der Waals surface area contributed by atoms with E-state index in [1.807, 2.05) is 59.1 Å². The molecule has 0 radical (unpaired) electrons. The van der Waals surface area contributed by atoms with Gasteiger partial charge in [0.2, 0.25) is 0 Å². The molecule has 1 aliphatic heterocycles. The number of methoxy groups -OCH3 is 1. The molecular weight excluding hydrogens is 306 g/mol. The minimum absolute atomic E-state index is 0.0603. The van der Waals surface area contributed by atoms with E-state index in [0.717, 1.165) is 24.2 Å². The minimum atomic E-state index is 0.0603. The summed E-state index contributed by atoms with van der Waals surface area (Å²) in [6, 6.07) is 15.9. The summed E-state index contributed by atoms with van der Waals surface area (Å²) < 4.78 is 5.17. The fourth-order valence-electron chi connectivity index (χ4n) is 2.81. The first-order chi connectivity index (χ1) is 11.2. The molecule has 0 bridgehead atoms. The highest BCUT2D eigenvalue weighted by Crippen LogP contribution is 2.37. The van der Waals surface area contributed by atoms with Gasteiger partial charge in [0.05, 0.1) is 12.3 Å². The number of nitrogens with zero attached hydrogens (tertiary/aromatic N) is 1. The van der Waals surface area contributed by atoms with Crippen LogP contribution >= 0.6 is 11.8 Å². The van der Waals surface area contributed by atoms with Gasteiger partial charge in [0.25, 0.3) is 5.91 Å². The highest BCUT2D eigenvalue weighted by Gasteiger charge is 2.24. The van der Waals surface area contributed by atoms with Crippen molar-refractivity contribution >= 4 is 23.4 Å². The first-order valence-electron chi connectivity index (χ1n) is 7.84. The van der Waals surface area contributed by atoms with Gasteiger partial charge in [-0.2, -0.15) is 0 Å². The summed E-state index contributed by atoms with van der Waals surface area (Å²) in [6.45, 7) is 3.48. The summed E-state index contributed by atoms with van der Waals surface area (Å²) in [6.07, 6.45) is 0.989. The van der Waals surface area contributed by atoms with E-state index in [9.17, 15) is 4.79 Å². The van der Waals surface area contributed by atoms with E-state index in [4.69, 9.17) is 4.74 Å². The molecule has 1 aliphatic rings. The zero-order valence-corrected chi connectivity index (χ0v) is 14.3. The molecule has 2 aromatic carbocycles. The molecule has 120 valence electrons. The second-order valence-corrected chi connectivity index (χ2v) is 7.26. The second kappa shape index (κ2) is 7.20. The highest BCUT2D eigenvalue weighted by atomic mass is 32.2. The number of hydrogen-bond acceptors (Lipinski definition) is 3. The standard InChI is InChI=1S/C19H21NO2S/c1-14-10-11-20(17-8-3-4-9-18(17)23-14)19(21)16-7-5-6-15(12-16)13-22-2/h3-9,12,14H,10-11,13H2,1-2H3. The van der Waals surface area contributed by atoms with Crippen LogP contribution in [-0.2, 0) is 11.3 Å². The van der Waals surface area contributed by atoms with Crippen LogP contribution in [0.4, 0.5) is 5.69 Å². The zero-order valence-electron chi connectivity index (χ0n) is 13.5. The Bertz CT molecular complexity index is 701. The fraction of sp³-hybridized carbons (Fsp3) is 0.316. The first kappa shape index (κ1) is 16.1. The van der Waals surface area contributed by atoms with E-state index in [1.54, 1.807) is 7.11 Å². The third-order valence-corrected chi connectivity index (χ3v) is 5.21. The summed E-state index contributed by atoms with van der Waals surface area (Å²) in [5.74, 6) is 0.0603. The SMILES string of the molecule is COCc1cccc(C(=O)N2CCC(C)Sc3ccccc32)c1. The highest BCUT2D eigenvalue weighted by molar-refractivity contribution is 8.00. The van der Waals surface area contributed by atoms with Crippen molar-refractivity contribution in [3.05, 3.63) is 59.7 Å². The summed E-state index contributed by atoms with van der Waals surface area (Å²) in [7, 11) is 1.66. The molecule has 23 heavy (non-hydrogen) atoms. The van der Waals surface area contributed by atoms with Crippen LogP contribution in [0.1, 0.15) is 29.3 Å². The van der Waals surface area contributed by atoms with Crippen molar-refractivity contribution in [2.75, 3.05) is 18.6 Å². The molecule has 0 N–H and O–H groups in total. The van der Waals surface area contributed by atoms with Gasteiger partial charge in [-0.25, -0.2) is 0 Å². The summed E-state index contributed by atoms with van der Waals surface area (Å²) >= 11 is 1.85. The molecule has 1 atom stereocenters. The van der Waals surface area contributed by atoms with Crippen LogP contribution in [0.15, 0.2) is 53.4 Å². The Morgan fingerprint density at radius 1 is 1.26 bits per heavy atom. The fourth-order valence-corrected chi connectivity index (χ4v) is 3.93. The van der Waals surface area contributed by atoms with Gasteiger partial charge in [-0.3, -0.25) is 4.79 Å². The molecule has 0 aromatic heterocycles. The monoisotopic (exact) mass is 327 g/mol. The van der Waals surface area contributed by atoms with Crippen LogP contribution in [0.25, 0.3) is 0 Å². The van der Waals surface area contributed by atoms with E-state index in [0.29, 0.717) is 17.4 Å². The van der Waals surface area contributed by atoms with E-state index >= 15 is 0 Å². The number of rotatable bonds is 3. The predicted octanol–water partition coefficient (Wildman–Crippen LogP) is 4.36. The van der Waals surface area contributed by atoms with Gasteiger partial charge in [-0.1, -0.05) is 31.2 Å². The molecule has 4 heteroatoms. The third-order valence-electron chi connectivity index (χ3n) is 3.97. The zero-order chi connectivity index (χ0) is 16.2. The number of ether oxygens (including phenoxy) is 1. The lowest BCUT2D eigenvalue weighted by Crippen LogP contribution is -2.32. The van der Waals surface area contributed by atoms with E-state index in [2.05, 4.69) is 13.0 Å². The minimum Gasteiger partial charge on any atom is -0.380 e. The quantitative estimate of drug-likeness (QED) is 0.838. The van der Waals surface area contributed by atoms with Gasteiger partial charge >= 0.3 is 0 Å². The summed E-state index contributed by atoms with van der Waals surface area (Å²) in [4.78, 5) is 16.1. The van der Waals surface area contributed by atoms with Gasteiger partial charge in [0.1, 0.15) is 0 Å². The van der Waals surface area contributed by atoms with Crippen LogP contribution in [0, 0.1) is 0 Å². The number of para-hydroxylation sites is 1. The lowest BCUT2D eigenvalue weighted by molar-refractivity contribution is 0.0986. The van der Waals surface area contributed by atoms with Gasteiger partial charge < -0.3 is 9.64 Å². The Hall–Kier alpha value is -1.78. The molecule has 3 nitrogen and oxygen atoms in total. The number of hydrogen-bond donors (Lipinski definition) is 0.